The van der Waals surface area contributed by atoms with E-state index in [1.54, 1.807) is 37.4 Å². The number of hydrogen-bond acceptors (Lipinski definition) is 3. The molecule has 0 spiro atoms. The Kier molecular flexibility index (Phi) is 7.09. The molecule has 0 bridgehead atoms. The van der Waals surface area contributed by atoms with Gasteiger partial charge in [0.1, 0.15) is 0 Å². The van der Waals surface area contributed by atoms with Crippen LogP contribution in [0.15, 0.2) is 53.4 Å². The van der Waals surface area contributed by atoms with Crippen molar-refractivity contribution in [2.75, 3.05) is 13.6 Å². The molecular formula is C23H30N2O3S. The lowest BCUT2D eigenvalue weighted by molar-refractivity contribution is -0.121. The summed E-state index contributed by atoms with van der Waals surface area (Å²) in [7, 11) is -1.96. The second-order valence-electron chi connectivity index (χ2n) is 7.77. The van der Waals surface area contributed by atoms with Crippen molar-refractivity contribution in [3.8, 4) is 0 Å². The van der Waals surface area contributed by atoms with Crippen molar-refractivity contribution in [1.29, 1.82) is 0 Å². The molecule has 1 atom stereocenters. The highest BCUT2D eigenvalue weighted by molar-refractivity contribution is 7.89. The molecule has 2 aromatic carbocycles. The molecule has 29 heavy (non-hydrogen) atoms. The number of fused-ring (bicyclic) bond motifs is 1. The molecule has 156 valence electrons. The maximum absolute atomic E-state index is 12.5. The van der Waals surface area contributed by atoms with Crippen molar-refractivity contribution >= 4 is 15.9 Å². The normalized spacial score (nSPS) is 15.0. The Bertz CT molecular complexity index is 942. The molecule has 1 amide bonds. The van der Waals surface area contributed by atoms with Gasteiger partial charge in [0.15, 0.2) is 0 Å². The molecular weight excluding hydrogens is 384 g/mol. The van der Waals surface area contributed by atoms with Gasteiger partial charge in [0.2, 0.25) is 15.9 Å². The van der Waals surface area contributed by atoms with Crippen LogP contribution in [0.4, 0.5) is 0 Å². The summed E-state index contributed by atoms with van der Waals surface area (Å²) in [6, 6.07) is 14.8. The Morgan fingerprint density at radius 3 is 2.48 bits per heavy atom. The number of carbonyl (C=O) groups is 1. The van der Waals surface area contributed by atoms with Gasteiger partial charge in [-0.3, -0.25) is 4.79 Å². The smallest absolute Gasteiger partial charge is 0.242 e. The van der Waals surface area contributed by atoms with Crippen LogP contribution in [0.25, 0.3) is 0 Å². The number of aryl methyl sites for hydroxylation is 2. The van der Waals surface area contributed by atoms with E-state index in [1.165, 1.54) is 28.3 Å². The van der Waals surface area contributed by atoms with Crippen LogP contribution in [0.3, 0.4) is 0 Å². The first-order valence-electron chi connectivity index (χ1n) is 10.3. The number of nitrogens with one attached hydrogen (secondary N) is 1. The fourth-order valence-electron chi connectivity index (χ4n) is 3.77. The monoisotopic (exact) mass is 414 g/mol. The average molecular weight is 415 g/mol. The highest BCUT2D eigenvalue weighted by Gasteiger charge is 2.20. The highest BCUT2D eigenvalue weighted by Crippen LogP contribution is 2.25. The first-order valence-corrected chi connectivity index (χ1v) is 11.7. The van der Waals surface area contributed by atoms with Crippen LogP contribution in [-0.4, -0.2) is 32.2 Å². The summed E-state index contributed by atoms with van der Waals surface area (Å²) >= 11 is 0. The van der Waals surface area contributed by atoms with Crippen molar-refractivity contribution in [2.24, 2.45) is 0 Å². The summed E-state index contributed by atoms with van der Waals surface area (Å²) in [5.41, 5.74) is 3.96. The minimum atomic E-state index is -3.51. The second kappa shape index (κ2) is 9.55. The predicted molar refractivity (Wildman–Crippen MR) is 115 cm³/mol. The Labute approximate surface area is 174 Å². The number of benzene rings is 2. The standard InChI is InChI=1S/C23H30N2O3S/c1-18(20-15-14-19-9-6-7-10-21(19)17-20)24-23(26)13-8-16-25(2)29(27,28)22-11-4-3-5-12-22/h3-5,11-12,14-15,17-18H,6-10,13,16H2,1-2H3,(H,24,26). The van der Waals surface area contributed by atoms with E-state index in [-0.39, 0.29) is 16.8 Å². The molecule has 0 heterocycles. The van der Waals surface area contributed by atoms with Crippen molar-refractivity contribution in [2.45, 2.75) is 56.4 Å². The first kappa shape index (κ1) is 21.5. The zero-order chi connectivity index (χ0) is 20.9. The van der Waals surface area contributed by atoms with Crippen LogP contribution in [0, 0.1) is 0 Å². The van der Waals surface area contributed by atoms with Crippen molar-refractivity contribution in [3.05, 3.63) is 65.2 Å². The number of nitrogens with zero attached hydrogens (tertiary/aromatic N) is 1. The number of hydrogen-bond donors (Lipinski definition) is 1. The van der Waals surface area contributed by atoms with Gasteiger partial charge in [-0.25, -0.2) is 12.7 Å². The van der Waals surface area contributed by atoms with E-state index >= 15 is 0 Å². The summed E-state index contributed by atoms with van der Waals surface area (Å²) in [4.78, 5) is 12.6. The number of carbonyl (C=O) groups excluding carboxylic acids is 1. The van der Waals surface area contributed by atoms with Gasteiger partial charge in [0, 0.05) is 20.0 Å². The molecule has 0 aromatic heterocycles. The SMILES string of the molecule is CC(NC(=O)CCCN(C)S(=O)(=O)c1ccccc1)c1ccc2c(c1)CCCC2. The Morgan fingerprint density at radius 2 is 1.76 bits per heavy atom. The van der Waals surface area contributed by atoms with E-state index in [0.29, 0.717) is 19.4 Å². The van der Waals surface area contributed by atoms with Crippen molar-refractivity contribution < 1.29 is 13.2 Å². The number of amides is 1. The minimum absolute atomic E-state index is 0.0549. The molecule has 1 aliphatic carbocycles. The Morgan fingerprint density at radius 1 is 1.07 bits per heavy atom. The van der Waals surface area contributed by atoms with E-state index in [0.717, 1.165) is 18.4 Å². The van der Waals surface area contributed by atoms with Crippen LogP contribution in [0.1, 0.15) is 55.3 Å². The van der Waals surface area contributed by atoms with Gasteiger partial charge < -0.3 is 5.32 Å². The molecule has 0 saturated carbocycles. The van der Waals surface area contributed by atoms with E-state index in [2.05, 4.69) is 23.5 Å². The quantitative estimate of drug-likeness (QED) is 0.714. The third-order valence-electron chi connectivity index (χ3n) is 5.58. The van der Waals surface area contributed by atoms with Crippen LogP contribution < -0.4 is 5.32 Å². The van der Waals surface area contributed by atoms with Gasteiger partial charge in [-0.15, -0.1) is 0 Å². The number of rotatable bonds is 8. The molecule has 2 aromatic rings. The Balaban J connectivity index is 1.48. The van der Waals surface area contributed by atoms with Gasteiger partial charge >= 0.3 is 0 Å². The van der Waals surface area contributed by atoms with Gasteiger partial charge in [-0.05, 0) is 67.9 Å². The lowest BCUT2D eigenvalue weighted by Gasteiger charge is -2.20. The summed E-state index contributed by atoms with van der Waals surface area (Å²) < 4.78 is 26.3. The summed E-state index contributed by atoms with van der Waals surface area (Å²) in [5.74, 6) is -0.0549. The zero-order valence-corrected chi connectivity index (χ0v) is 18.0. The van der Waals surface area contributed by atoms with Crippen LogP contribution in [0.5, 0.6) is 0 Å². The van der Waals surface area contributed by atoms with E-state index in [1.807, 2.05) is 6.92 Å². The lowest BCUT2D eigenvalue weighted by atomic mass is 9.89. The topological polar surface area (TPSA) is 66.5 Å². The van der Waals surface area contributed by atoms with Gasteiger partial charge in [-0.1, -0.05) is 36.4 Å². The third kappa shape index (κ3) is 5.46. The summed E-state index contributed by atoms with van der Waals surface area (Å²) in [6.45, 7) is 2.30. The summed E-state index contributed by atoms with van der Waals surface area (Å²) in [6.07, 6.45) is 5.53. The maximum Gasteiger partial charge on any atom is 0.242 e. The first-order chi connectivity index (χ1) is 13.9. The van der Waals surface area contributed by atoms with Crippen LogP contribution in [-0.2, 0) is 27.7 Å². The molecule has 6 heteroatoms. The van der Waals surface area contributed by atoms with E-state index in [4.69, 9.17) is 0 Å². The summed E-state index contributed by atoms with van der Waals surface area (Å²) in [5, 5.41) is 3.04. The predicted octanol–water partition coefficient (Wildman–Crippen LogP) is 3.84. The van der Waals surface area contributed by atoms with E-state index in [9.17, 15) is 13.2 Å². The molecule has 1 aliphatic rings. The van der Waals surface area contributed by atoms with Crippen LogP contribution >= 0.6 is 0 Å². The van der Waals surface area contributed by atoms with Gasteiger partial charge in [0.05, 0.1) is 10.9 Å². The molecule has 1 unspecified atom stereocenters. The molecule has 0 radical (unpaired) electrons. The molecule has 0 fully saturated rings. The van der Waals surface area contributed by atoms with E-state index < -0.39 is 10.0 Å². The maximum atomic E-state index is 12.5. The fraction of sp³-hybridized carbons (Fsp3) is 0.435. The molecule has 3 rings (SSSR count). The highest BCUT2D eigenvalue weighted by atomic mass is 32.2. The molecule has 0 saturated heterocycles. The lowest BCUT2D eigenvalue weighted by Crippen LogP contribution is -2.30. The van der Waals surface area contributed by atoms with Crippen molar-refractivity contribution in [1.82, 2.24) is 9.62 Å². The largest absolute Gasteiger partial charge is 0.350 e. The van der Waals surface area contributed by atoms with Gasteiger partial charge in [-0.2, -0.15) is 0 Å². The Hall–Kier alpha value is -2.18. The molecule has 0 aliphatic heterocycles. The third-order valence-corrected chi connectivity index (χ3v) is 7.45. The fourth-order valence-corrected chi connectivity index (χ4v) is 5.00. The second-order valence-corrected chi connectivity index (χ2v) is 9.81. The zero-order valence-electron chi connectivity index (χ0n) is 17.2. The number of sulfonamides is 1. The molecule has 5 nitrogen and oxygen atoms in total. The average Bonchev–Trinajstić information content (AvgIpc) is 2.73. The van der Waals surface area contributed by atoms with Crippen LogP contribution in [0.2, 0.25) is 0 Å². The van der Waals surface area contributed by atoms with Gasteiger partial charge in [0.25, 0.3) is 0 Å². The minimum Gasteiger partial charge on any atom is -0.350 e. The van der Waals surface area contributed by atoms with Crippen molar-refractivity contribution in [3.63, 3.8) is 0 Å². The molecule has 1 N–H and O–H groups in total.